The third-order valence-corrected chi connectivity index (χ3v) is 17.8. The average molecular weight is 1200 g/mol. The number of phosphoric ester groups is 1. The van der Waals surface area contributed by atoms with E-state index in [2.05, 4.69) is 56.5 Å². The molecular formula is C74H144N2O7P+. The number of quaternary nitrogens is 1. The number of nitrogens with one attached hydrogen (secondary N) is 1. The molecule has 0 saturated carbocycles. The predicted octanol–water partition coefficient (Wildman–Crippen LogP) is 23.4. The van der Waals surface area contributed by atoms with E-state index < -0.39 is 20.0 Å². The van der Waals surface area contributed by atoms with E-state index in [1.54, 1.807) is 0 Å². The molecule has 0 heterocycles. The van der Waals surface area contributed by atoms with Crippen molar-refractivity contribution in [3.63, 3.8) is 0 Å². The maximum atomic E-state index is 13.6. The van der Waals surface area contributed by atoms with E-state index in [-0.39, 0.29) is 25.1 Å². The Morgan fingerprint density at radius 3 is 1.10 bits per heavy atom. The summed E-state index contributed by atoms with van der Waals surface area (Å²) in [7, 11) is 1.52. The molecule has 0 radical (unpaired) electrons. The lowest BCUT2D eigenvalue weighted by molar-refractivity contribution is -0.870. The zero-order valence-corrected chi connectivity index (χ0v) is 57.8. The number of carbonyl (C=O) groups excluding carboxylic acids is 2. The van der Waals surface area contributed by atoms with Gasteiger partial charge in [0.25, 0.3) is 0 Å². The van der Waals surface area contributed by atoms with Crippen LogP contribution in [0.4, 0.5) is 0 Å². The summed E-state index contributed by atoms with van der Waals surface area (Å²) in [5.74, 6) is -0.482. The second kappa shape index (κ2) is 64.2. The molecule has 0 saturated heterocycles. The van der Waals surface area contributed by atoms with Gasteiger partial charge in [0, 0.05) is 12.8 Å². The summed E-state index contributed by atoms with van der Waals surface area (Å²) in [5, 5.41) is 3.08. The first-order valence-corrected chi connectivity index (χ1v) is 38.3. The lowest BCUT2D eigenvalue weighted by Crippen LogP contribution is -2.47. The maximum absolute atomic E-state index is 13.6. The number of phosphoric acid groups is 1. The number of carbonyl (C=O) groups is 2. The minimum absolute atomic E-state index is 0.0438. The SMILES string of the molecule is CCCCC/C=C\C/C=C\CCCCCCCCCCCCCCCCCC(=O)OC(/C=C/CCCCCCCCCCCC)C(COP(=O)(O)OCC[N+](C)(C)C)NC(=O)CCCCCCCCCCCCCCCCCCCCCCC. The number of esters is 1. The molecule has 10 heteroatoms. The van der Waals surface area contributed by atoms with Crippen molar-refractivity contribution < 1.29 is 37.3 Å². The van der Waals surface area contributed by atoms with Crippen molar-refractivity contribution >= 4 is 19.7 Å². The van der Waals surface area contributed by atoms with Gasteiger partial charge in [0.15, 0.2) is 0 Å². The molecular weight excluding hydrogens is 1060 g/mol. The van der Waals surface area contributed by atoms with Crippen molar-refractivity contribution in [3.8, 4) is 0 Å². The highest BCUT2D eigenvalue weighted by molar-refractivity contribution is 7.47. The Balaban J connectivity index is 4.99. The number of nitrogens with zero attached hydrogens (tertiary/aromatic N) is 1. The van der Waals surface area contributed by atoms with Gasteiger partial charge >= 0.3 is 13.8 Å². The van der Waals surface area contributed by atoms with Gasteiger partial charge in [-0.2, -0.15) is 0 Å². The fourth-order valence-electron chi connectivity index (χ4n) is 11.2. The van der Waals surface area contributed by atoms with Crippen molar-refractivity contribution in [2.45, 2.75) is 386 Å². The predicted molar refractivity (Wildman–Crippen MR) is 365 cm³/mol. The lowest BCUT2D eigenvalue weighted by atomic mass is 10.0. The topological polar surface area (TPSA) is 111 Å². The number of amides is 1. The first-order chi connectivity index (χ1) is 40.9. The molecule has 3 unspecified atom stereocenters. The molecule has 0 fully saturated rings. The smallest absolute Gasteiger partial charge is 0.456 e. The number of unbranched alkanes of at least 4 members (excludes halogenated alkanes) is 48. The van der Waals surface area contributed by atoms with E-state index in [4.69, 9.17) is 13.8 Å². The van der Waals surface area contributed by atoms with Gasteiger partial charge in [-0.05, 0) is 63.9 Å². The van der Waals surface area contributed by atoms with E-state index >= 15 is 0 Å². The summed E-state index contributed by atoms with van der Waals surface area (Å²) in [4.78, 5) is 37.9. The average Bonchev–Trinajstić information content (AvgIpc) is 3.64. The zero-order valence-electron chi connectivity index (χ0n) is 56.9. The molecule has 0 bridgehead atoms. The maximum Gasteiger partial charge on any atom is 0.472 e. The van der Waals surface area contributed by atoms with Crippen molar-refractivity contribution in [2.75, 3.05) is 40.9 Å². The number of hydrogen-bond acceptors (Lipinski definition) is 6. The molecule has 3 atom stereocenters. The van der Waals surface area contributed by atoms with Crippen LogP contribution >= 0.6 is 7.82 Å². The monoisotopic (exact) mass is 1200 g/mol. The van der Waals surface area contributed by atoms with Crippen LogP contribution in [0, 0.1) is 0 Å². The standard InChI is InChI=1S/C74H143N2O7P/c1-7-10-13-16-19-22-25-28-30-32-34-36-37-38-39-41-43-45-47-49-52-55-58-61-64-67-74(78)83-72(65-62-59-56-53-50-27-24-21-18-15-12-9-3)71(70-82-84(79,80)81-69-68-76(4,5)6)75-73(77)66-63-60-57-54-51-48-46-44-42-40-35-33-31-29-26-23-20-17-14-11-8-2/h19,22,28,30,62,65,71-72H,7-18,20-21,23-27,29,31-61,63-64,66-70H2,1-6H3,(H-,75,77,79,80)/p+1/b22-19-,30-28-,65-62+. The summed E-state index contributed by atoms with van der Waals surface area (Å²) in [6.07, 6.45) is 80.2. The van der Waals surface area contributed by atoms with Crippen LogP contribution in [-0.2, 0) is 27.9 Å². The molecule has 496 valence electrons. The Kier molecular flexibility index (Phi) is 62.9. The van der Waals surface area contributed by atoms with Crippen LogP contribution in [0.25, 0.3) is 0 Å². The van der Waals surface area contributed by atoms with E-state index in [0.717, 1.165) is 64.2 Å². The Hall–Kier alpha value is -1.77. The summed E-state index contributed by atoms with van der Waals surface area (Å²) < 4.78 is 30.9. The minimum Gasteiger partial charge on any atom is -0.456 e. The number of hydrogen-bond donors (Lipinski definition) is 2. The largest absolute Gasteiger partial charge is 0.472 e. The molecule has 0 aromatic rings. The van der Waals surface area contributed by atoms with Crippen LogP contribution in [-0.4, -0.2) is 74.3 Å². The van der Waals surface area contributed by atoms with Crippen molar-refractivity contribution in [2.24, 2.45) is 0 Å². The van der Waals surface area contributed by atoms with Gasteiger partial charge < -0.3 is 19.4 Å². The Morgan fingerprint density at radius 1 is 0.417 bits per heavy atom. The number of likely N-dealkylation sites (N-methyl/N-ethyl adjacent to an activating group) is 1. The van der Waals surface area contributed by atoms with Gasteiger partial charge in [-0.15, -0.1) is 0 Å². The summed E-state index contributed by atoms with van der Waals surface area (Å²) in [6.45, 7) is 7.06. The van der Waals surface area contributed by atoms with E-state index in [1.807, 2.05) is 27.2 Å². The fourth-order valence-corrected chi connectivity index (χ4v) is 11.9. The Bertz CT molecular complexity index is 1530. The highest BCUT2D eigenvalue weighted by Gasteiger charge is 2.30. The van der Waals surface area contributed by atoms with E-state index in [9.17, 15) is 19.0 Å². The van der Waals surface area contributed by atoms with Gasteiger partial charge in [0.2, 0.25) is 5.91 Å². The van der Waals surface area contributed by atoms with Gasteiger partial charge in [0.05, 0.1) is 33.8 Å². The molecule has 1 amide bonds. The third-order valence-electron chi connectivity index (χ3n) is 16.8. The Labute approximate surface area is 523 Å². The highest BCUT2D eigenvalue weighted by Crippen LogP contribution is 2.43. The summed E-state index contributed by atoms with van der Waals surface area (Å²) >= 11 is 0. The quantitative estimate of drug-likeness (QED) is 0.0205. The molecule has 0 aliphatic carbocycles. The molecule has 0 spiro atoms. The number of allylic oxidation sites excluding steroid dienone is 5. The highest BCUT2D eigenvalue weighted by atomic mass is 31.2. The van der Waals surface area contributed by atoms with Crippen molar-refractivity contribution in [1.82, 2.24) is 5.32 Å². The molecule has 9 nitrogen and oxygen atoms in total. The molecule has 0 aliphatic rings. The minimum atomic E-state index is -4.45. The van der Waals surface area contributed by atoms with Gasteiger partial charge in [-0.3, -0.25) is 18.6 Å². The summed E-state index contributed by atoms with van der Waals surface area (Å²) in [6, 6.07) is -0.844. The van der Waals surface area contributed by atoms with E-state index in [0.29, 0.717) is 23.9 Å². The summed E-state index contributed by atoms with van der Waals surface area (Å²) in [5.41, 5.74) is 0. The van der Waals surface area contributed by atoms with Crippen LogP contribution in [0.15, 0.2) is 36.5 Å². The zero-order chi connectivity index (χ0) is 61.4. The van der Waals surface area contributed by atoms with Gasteiger partial charge in [-0.25, -0.2) is 4.57 Å². The lowest BCUT2D eigenvalue weighted by Gasteiger charge is -2.27. The molecule has 0 rings (SSSR count). The number of rotatable bonds is 68. The third kappa shape index (κ3) is 64.7. The number of ether oxygens (including phenoxy) is 1. The molecule has 2 N–H and O–H groups in total. The van der Waals surface area contributed by atoms with Crippen molar-refractivity contribution in [1.29, 1.82) is 0 Å². The molecule has 0 aromatic heterocycles. The van der Waals surface area contributed by atoms with Gasteiger partial charge in [0.1, 0.15) is 19.3 Å². The van der Waals surface area contributed by atoms with Crippen LogP contribution < -0.4 is 5.32 Å². The van der Waals surface area contributed by atoms with Crippen LogP contribution in [0.3, 0.4) is 0 Å². The molecule has 0 aromatic carbocycles. The van der Waals surface area contributed by atoms with Crippen LogP contribution in [0.1, 0.15) is 374 Å². The molecule has 0 aliphatic heterocycles. The van der Waals surface area contributed by atoms with Crippen molar-refractivity contribution in [3.05, 3.63) is 36.5 Å². The first kappa shape index (κ1) is 82.2. The first-order valence-electron chi connectivity index (χ1n) is 36.8. The fraction of sp³-hybridized carbons (Fsp3) is 0.892. The second-order valence-electron chi connectivity index (χ2n) is 26.5. The second-order valence-corrected chi connectivity index (χ2v) is 27.9. The van der Waals surface area contributed by atoms with Crippen LogP contribution in [0.5, 0.6) is 0 Å². The van der Waals surface area contributed by atoms with Crippen LogP contribution in [0.2, 0.25) is 0 Å². The molecule has 84 heavy (non-hydrogen) atoms. The Morgan fingerprint density at radius 2 is 0.726 bits per heavy atom. The normalized spacial score (nSPS) is 13.7. The van der Waals surface area contributed by atoms with Gasteiger partial charge in [-0.1, -0.05) is 334 Å². The van der Waals surface area contributed by atoms with E-state index in [1.165, 1.54) is 276 Å².